The van der Waals surface area contributed by atoms with Gasteiger partial charge in [-0.15, -0.1) is 5.10 Å². The second-order valence-electron chi connectivity index (χ2n) is 11.3. The number of hydrogen-bond acceptors (Lipinski definition) is 9. The number of amides is 3. The van der Waals surface area contributed by atoms with E-state index in [1.807, 2.05) is 11.8 Å². The van der Waals surface area contributed by atoms with Crippen molar-refractivity contribution in [3.8, 4) is 0 Å². The van der Waals surface area contributed by atoms with Gasteiger partial charge in [-0.1, -0.05) is 29.8 Å². The zero-order valence-corrected chi connectivity index (χ0v) is 25.6. The highest BCUT2D eigenvalue weighted by molar-refractivity contribution is 8.00. The third-order valence-electron chi connectivity index (χ3n) is 7.85. The van der Waals surface area contributed by atoms with Crippen molar-refractivity contribution in [1.82, 2.24) is 30.9 Å². The van der Waals surface area contributed by atoms with Gasteiger partial charge in [0.25, 0.3) is 0 Å². The zero-order valence-electron chi connectivity index (χ0n) is 24.8. The lowest BCUT2D eigenvalue weighted by Gasteiger charge is -2.16. The van der Waals surface area contributed by atoms with Crippen molar-refractivity contribution in [2.24, 2.45) is 0 Å². The molecule has 4 rings (SSSR count). The number of thioether (sulfide) groups is 1. The van der Waals surface area contributed by atoms with Crippen molar-refractivity contribution in [2.75, 3.05) is 12.3 Å². The molecule has 2 aromatic rings. The molecule has 2 saturated heterocycles. The van der Waals surface area contributed by atoms with Crippen LogP contribution >= 0.6 is 11.8 Å². The van der Waals surface area contributed by atoms with Crippen molar-refractivity contribution in [3.05, 3.63) is 47.3 Å². The Labute approximate surface area is 260 Å². The van der Waals surface area contributed by atoms with E-state index in [0.29, 0.717) is 62.4 Å². The van der Waals surface area contributed by atoms with E-state index in [1.54, 1.807) is 35.1 Å². The van der Waals surface area contributed by atoms with Crippen LogP contribution in [-0.2, 0) is 38.6 Å². The highest BCUT2D eigenvalue weighted by Gasteiger charge is 2.42. The Morgan fingerprint density at radius 1 is 1.02 bits per heavy atom. The molecule has 0 radical (unpaired) electrons. The Balaban J connectivity index is 1.00. The van der Waals surface area contributed by atoms with Gasteiger partial charge in [0.2, 0.25) is 11.7 Å². The van der Waals surface area contributed by atoms with Crippen LogP contribution in [0.4, 0.5) is 4.79 Å². The van der Waals surface area contributed by atoms with Crippen LogP contribution in [0.25, 0.3) is 0 Å². The lowest BCUT2D eigenvalue weighted by molar-refractivity contribution is -0.122. The fraction of sp³-hybridized carbons (Fsp3) is 0.548. The second-order valence-corrected chi connectivity index (χ2v) is 12.6. The minimum Gasteiger partial charge on any atom is -0.356 e. The standard InChI is InChI=1S/C31H40N6O6S/c38-19-27(41)22-7-3-6-21(16-22)17-25(40)13-15-37-18-23(35-36-37)8-4-12-29(42)32-14-5-10-24(39)9-1-2-11-28-30-26(20-44-28)33-31(43)34-30/h3,6-7,16,18-19,26,28,30H,1-2,4-5,8-15,17,20H2,(H,32,42)(H2,33,34,43)/t26-,28-,30-/m0/s1. The predicted molar refractivity (Wildman–Crippen MR) is 164 cm³/mol. The molecule has 1 aromatic heterocycles. The molecular formula is C31H40N6O6S. The van der Waals surface area contributed by atoms with Crippen molar-refractivity contribution in [2.45, 2.75) is 94.5 Å². The first-order valence-corrected chi connectivity index (χ1v) is 16.3. The lowest BCUT2D eigenvalue weighted by atomic mass is 10.0. The summed E-state index contributed by atoms with van der Waals surface area (Å²) >= 11 is 1.89. The molecule has 0 spiro atoms. The van der Waals surface area contributed by atoms with Crippen LogP contribution in [0, 0.1) is 0 Å². The SMILES string of the molecule is O=CC(=O)c1cccc(CC(=O)CCn2cc(CCCC(=O)NCCCC(=O)CCCC[C@@H]3SC[C@@H]4NC(=O)N[C@@H]43)nn2)c1. The number of benzene rings is 1. The summed E-state index contributed by atoms with van der Waals surface area (Å²) in [7, 11) is 0. The number of carbonyl (C=O) groups excluding carboxylic acids is 6. The Morgan fingerprint density at radius 3 is 2.70 bits per heavy atom. The summed E-state index contributed by atoms with van der Waals surface area (Å²) in [6, 6.07) is 6.85. The number of carbonyl (C=O) groups is 6. The average molecular weight is 625 g/mol. The molecule has 0 saturated carbocycles. The van der Waals surface area contributed by atoms with Gasteiger partial charge in [0.05, 0.1) is 17.8 Å². The predicted octanol–water partition coefficient (Wildman–Crippen LogP) is 2.38. The normalized spacial score (nSPS) is 18.7. The smallest absolute Gasteiger partial charge is 0.315 e. The number of nitrogens with zero attached hydrogens (tertiary/aromatic N) is 3. The molecule has 12 nitrogen and oxygen atoms in total. The number of aromatic nitrogens is 3. The molecule has 3 atom stereocenters. The highest BCUT2D eigenvalue weighted by atomic mass is 32.2. The van der Waals surface area contributed by atoms with Gasteiger partial charge in [-0.2, -0.15) is 11.8 Å². The Bertz CT molecular complexity index is 1350. The van der Waals surface area contributed by atoms with E-state index in [2.05, 4.69) is 26.3 Å². The van der Waals surface area contributed by atoms with Crippen LogP contribution in [0.2, 0.25) is 0 Å². The minimum absolute atomic E-state index is 0.0214. The number of ketones is 3. The maximum atomic E-state index is 12.4. The number of nitrogens with one attached hydrogen (secondary N) is 3. The van der Waals surface area contributed by atoms with Gasteiger partial charge in [-0.3, -0.25) is 28.7 Å². The summed E-state index contributed by atoms with van der Waals surface area (Å²) < 4.78 is 1.60. The molecule has 1 aromatic carbocycles. The van der Waals surface area contributed by atoms with Crippen LogP contribution in [-0.4, -0.2) is 80.2 Å². The summed E-state index contributed by atoms with van der Waals surface area (Å²) in [5.41, 5.74) is 1.69. The number of fused-ring (bicyclic) bond motifs is 1. The van der Waals surface area contributed by atoms with E-state index >= 15 is 0 Å². The quantitative estimate of drug-likeness (QED) is 0.0658. The van der Waals surface area contributed by atoms with Gasteiger partial charge < -0.3 is 16.0 Å². The number of rotatable bonds is 20. The van der Waals surface area contributed by atoms with Gasteiger partial charge in [-0.05, 0) is 43.7 Å². The number of unbranched alkanes of at least 4 members (excludes halogenated alkanes) is 1. The lowest BCUT2D eigenvalue weighted by Crippen LogP contribution is -2.36. The number of hydrogen-bond donors (Lipinski definition) is 3. The molecule has 44 heavy (non-hydrogen) atoms. The second kappa shape index (κ2) is 16.8. The van der Waals surface area contributed by atoms with Crippen molar-refractivity contribution >= 4 is 47.3 Å². The van der Waals surface area contributed by atoms with Crippen LogP contribution in [0.1, 0.15) is 79.4 Å². The van der Waals surface area contributed by atoms with E-state index in [1.165, 1.54) is 0 Å². The van der Waals surface area contributed by atoms with E-state index in [4.69, 9.17) is 0 Å². The molecule has 3 amide bonds. The van der Waals surface area contributed by atoms with Crippen LogP contribution in [0.3, 0.4) is 0 Å². The van der Waals surface area contributed by atoms with Crippen molar-refractivity contribution in [3.63, 3.8) is 0 Å². The van der Waals surface area contributed by atoms with Crippen molar-refractivity contribution in [1.29, 1.82) is 0 Å². The van der Waals surface area contributed by atoms with Gasteiger partial charge >= 0.3 is 6.03 Å². The molecule has 3 N–H and O–H groups in total. The zero-order chi connectivity index (χ0) is 31.3. The summed E-state index contributed by atoms with van der Waals surface area (Å²) in [6.45, 7) is 0.844. The molecule has 13 heteroatoms. The minimum atomic E-state index is -0.616. The molecule has 2 aliphatic heterocycles. The summed E-state index contributed by atoms with van der Waals surface area (Å²) in [5.74, 6) is 0.466. The van der Waals surface area contributed by atoms with E-state index in [0.717, 1.165) is 30.7 Å². The number of urea groups is 1. The van der Waals surface area contributed by atoms with Gasteiger partial charge in [-0.25, -0.2) is 4.79 Å². The number of Topliss-reactive ketones (excluding diaryl/α,β-unsaturated/α-hetero) is 3. The topological polar surface area (TPSA) is 169 Å². The molecule has 3 heterocycles. The molecule has 0 aliphatic carbocycles. The largest absolute Gasteiger partial charge is 0.356 e. The van der Waals surface area contributed by atoms with E-state index < -0.39 is 5.78 Å². The van der Waals surface area contributed by atoms with Gasteiger partial charge in [0.15, 0.2) is 6.29 Å². The van der Waals surface area contributed by atoms with Crippen molar-refractivity contribution < 1.29 is 28.8 Å². The molecular weight excluding hydrogens is 584 g/mol. The maximum absolute atomic E-state index is 12.4. The van der Waals surface area contributed by atoms with Gasteiger partial charge in [0.1, 0.15) is 11.6 Å². The monoisotopic (exact) mass is 624 g/mol. The molecule has 2 fully saturated rings. The summed E-state index contributed by atoms with van der Waals surface area (Å²) in [6.07, 6.45) is 8.43. The third-order valence-corrected chi connectivity index (χ3v) is 9.36. The van der Waals surface area contributed by atoms with Crippen LogP contribution in [0.5, 0.6) is 0 Å². The van der Waals surface area contributed by atoms with Crippen LogP contribution in [0.15, 0.2) is 30.5 Å². The summed E-state index contributed by atoms with van der Waals surface area (Å²) in [5, 5.41) is 17.4. The van der Waals surface area contributed by atoms with E-state index in [9.17, 15) is 28.8 Å². The number of aldehydes is 1. The highest BCUT2D eigenvalue weighted by Crippen LogP contribution is 2.33. The molecule has 0 bridgehead atoms. The Kier molecular flexibility index (Phi) is 12.6. The first-order chi connectivity index (χ1) is 21.3. The molecule has 0 unspecified atom stereocenters. The Hall–Kier alpha value is -3.87. The third kappa shape index (κ3) is 10.4. The van der Waals surface area contributed by atoms with E-state index in [-0.39, 0.29) is 60.3 Å². The fourth-order valence-electron chi connectivity index (χ4n) is 5.49. The van der Waals surface area contributed by atoms with Gasteiger partial charge in [0, 0.05) is 68.0 Å². The maximum Gasteiger partial charge on any atom is 0.315 e. The molecule has 2 aliphatic rings. The number of aryl methyl sites for hydroxylation is 2. The first-order valence-electron chi connectivity index (χ1n) is 15.3. The fourth-order valence-corrected chi connectivity index (χ4v) is 7.03. The summed E-state index contributed by atoms with van der Waals surface area (Å²) in [4.78, 5) is 70.5. The Morgan fingerprint density at radius 2 is 1.86 bits per heavy atom. The first kappa shape index (κ1) is 33.0. The molecule has 236 valence electrons. The van der Waals surface area contributed by atoms with Crippen LogP contribution < -0.4 is 16.0 Å². The average Bonchev–Trinajstić information content (AvgIpc) is 3.72.